The molecule has 0 aliphatic rings. The van der Waals surface area contributed by atoms with Crippen molar-refractivity contribution >= 4 is 11.3 Å². The maximum atomic E-state index is 4.26. The molecule has 1 N–H and O–H groups in total. The molecule has 0 spiro atoms. The molecule has 0 saturated heterocycles. The Kier molecular flexibility index (Phi) is 3.42. The fraction of sp³-hybridized carbons (Fsp3) is 0.273. The Labute approximate surface area is 93.2 Å². The zero-order chi connectivity index (χ0) is 10.5. The lowest BCUT2D eigenvalue weighted by atomic mass is 10.2. The third kappa shape index (κ3) is 2.84. The Morgan fingerprint density at radius 1 is 1.47 bits per heavy atom. The first-order valence-electron chi connectivity index (χ1n) is 4.86. The highest BCUT2D eigenvalue weighted by Gasteiger charge is 2.05. The van der Waals surface area contributed by atoms with Crippen molar-refractivity contribution in [3.63, 3.8) is 0 Å². The van der Waals surface area contributed by atoms with Gasteiger partial charge in [-0.3, -0.25) is 9.97 Å². The molecule has 15 heavy (non-hydrogen) atoms. The Morgan fingerprint density at radius 2 is 2.40 bits per heavy atom. The van der Waals surface area contributed by atoms with Gasteiger partial charge in [-0.05, 0) is 29.3 Å². The third-order valence-corrected chi connectivity index (χ3v) is 2.95. The molecule has 0 bridgehead atoms. The van der Waals surface area contributed by atoms with Crippen LogP contribution in [0.5, 0.6) is 0 Å². The highest BCUT2D eigenvalue weighted by Crippen LogP contribution is 2.10. The van der Waals surface area contributed by atoms with E-state index in [0.717, 1.165) is 12.2 Å². The summed E-state index contributed by atoms with van der Waals surface area (Å²) >= 11 is 1.72. The second kappa shape index (κ2) is 5.00. The van der Waals surface area contributed by atoms with Gasteiger partial charge in [0.15, 0.2) is 0 Å². The van der Waals surface area contributed by atoms with Crippen LogP contribution in [0.15, 0.2) is 35.4 Å². The Balaban J connectivity index is 1.90. The van der Waals surface area contributed by atoms with Crippen LogP contribution in [0.25, 0.3) is 0 Å². The van der Waals surface area contributed by atoms with Gasteiger partial charge >= 0.3 is 0 Å². The monoisotopic (exact) mass is 219 g/mol. The lowest BCUT2D eigenvalue weighted by Gasteiger charge is -2.11. The highest BCUT2D eigenvalue weighted by atomic mass is 32.1. The first-order chi connectivity index (χ1) is 7.36. The SMILES string of the molecule is CC(NCc1ccsc1)c1cnccn1. The number of thiophene rings is 1. The molecule has 0 fully saturated rings. The second-order valence-corrected chi connectivity index (χ2v) is 4.14. The normalized spacial score (nSPS) is 12.6. The molecule has 1 unspecified atom stereocenters. The minimum Gasteiger partial charge on any atom is -0.305 e. The summed E-state index contributed by atoms with van der Waals surface area (Å²) in [4.78, 5) is 8.31. The van der Waals surface area contributed by atoms with Crippen LogP contribution in [0.1, 0.15) is 24.2 Å². The summed E-state index contributed by atoms with van der Waals surface area (Å²) in [5.41, 5.74) is 2.29. The molecule has 0 radical (unpaired) electrons. The number of aromatic nitrogens is 2. The Morgan fingerprint density at radius 3 is 3.07 bits per heavy atom. The molecule has 3 nitrogen and oxygen atoms in total. The van der Waals surface area contributed by atoms with E-state index in [0.29, 0.717) is 0 Å². The van der Waals surface area contributed by atoms with Crippen molar-refractivity contribution in [2.24, 2.45) is 0 Å². The van der Waals surface area contributed by atoms with Crippen molar-refractivity contribution < 1.29 is 0 Å². The molecular weight excluding hydrogens is 206 g/mol. The lowest BCUT2D eigenvalue weighted by Crippen LogP contribution is -2.18. The van der Waals surface area contributed by atoms with Crippen molar-refractivity contribution in [1.82, 2.24) is 15.3 Å². The molecule has 4 heteroatoms. The van der Waals surface area contributed by atoms with Gasteiger partial charge in [0.1, 0.15) is 0 Å². The first kappa shape index (κ1) is 10.3. The fourth-order valence-electron chi connectivity index (χ4n) is 1.30. The molecule has 0 aromatic carbocycles. The summed E-state index contributed by atoms with van der Waals surface area (Å²) in [6.07, 6.45) is 5.21. The summed E-state index contributed by atoms with van der Waals surface area (Å²) in [5.74, 6) is 0. The number of rotatable bonds is 4. The van der Waals surface area contributed by atoms with Crippen LogP contribution in [-0.2, 0) is 6.54 Å². The Bertz CT molecular complexity index is 385. The smallest absolute Gasteiger partial charge is 0.0753 e. The molecule has 2 heterocycles. The molecule has 2 aromatic rings. The predicted molar refractivity (Wildman–Crippen MR) is 61.6 cm³/mol. The van der Waals surface area contributed by atoms with Crippen LogP contribution < -0.4 is 5.32 Å². The average Bonchev–Trinajstić information content (AvgIpc) is 2.80. The molecular formula is C11H13N3S. The summed E-state index contributed by atoms with van der Waals surface area (Å²) in [5, 5.41) is 7.64. The number of hydrogen-bond acceptors (Lipinski definition) is 4. The van der Waals surface area contributed by atoms with Gasteiger partial charge in [-0.1, -0.05) is 0 Å². The molecule has 2 aromatic heterocycles. The quantitative estimate of drug-likeness (QED) is 0.858. The van der Waals surface area contributed by atoms with E-state index in [1.165, 1.54) is 5.56 Å². The first-order valence-corrected chi connectivity index (χ1v) is 5.81. The van der Waals surface area contributed by atoms with Crippen molar-refractivity contribution in [3.8, 4) is 0 Å². The van der Waals surface area contributed by atoms with Crippen molar-refractivity contribution in [1.29, 1.82) is 0 Å². The zero-order valence-electron chi connectivity index (χ0n) is 8.55. The lowest BCUT2D eigenvalue weighted by molar-refractivity contribution is 0.560. The van der Waals surface area contributed by atoms with Gasteiger partial charge in [0.25, 0.3) is 0 Å². The predicted octanol–water partition coefficient (Wildman–Crippen LogP) is 2.39. The van der Waals surface area contributed by atoms with E-state index >= 15 is 0 Å². The van der Waals surface area contributed by atoms with Crippen LogP contribution in [0.4, 0.5) is 0 Å². The fourth-order valence-corrected chi connectivity index (χ4v) is 1.97. The van der Waals surface area contributed by atoms with Gasteiger partial charge < -0.3 is 5.32 Å². The minimum absolute atomic E-state index is 0.235. The molecule has 78 valence electrons. The van der Waals surface area contributed by atoms with E-state index in [2.05, 4.69) is 39.0 Å². The van der Waals surface area contributed by atoms with Crippen LogP contribution in [0.3, 0.4) is 0 Å². The van der Waals surface area contributed by atoms with E-state index in [-0.39, 0.29) is 6.04 Å². The van der Waals surface area contributed by atoms with E-state index in [1.807, 2.05) is 0 Å². The summed E-state index contributed by atoms with van der Waals surface area (Å²) in [6, 6.07) is 2.36. The van der Waals surface area contributed by atoms with Crippen LogP contribution >= 0.6 is 11.3 Å². The third-order valence-electron chi connectivity index (χ3n) is 2.22. The van der Waals surface area contributed by atoms with Crippen LogP contribution in [0.2, 0.25) is 0 Å². The van der Waals surface area contributed by atoms with Crippen molar-refractivity contribution in [2.75, 3.05) is 0 Å². The largest absolute Gasteiger partial charge is 0.305 e. The van der Waals surface area contributed by atoms with E-state index in [1.54, 1.807) is 29.9 Å². The number of nitrogens with one attached hydrogen (secondary N) is 1. The second-order valence-electron chi connectivity index (χ2n) is 3.36. The van der Waals surface area contributed by atoms with E-state index < -0.39 is 0 Å². The maximum absolute atomic E-state index is 4.26. The Hall–Kier alpha value is -1.26. The van der Waals surface area contributed by atoms with Gasteiger partial charge in [0, 0.05) is 31.2 Å². The molecule has 2 rings (SSSR count). The molecule has 0 aliphatic carbocycles. The molecule has 0 saturated carbocycles. The average molecular weight is 219 g/mol. The van der Waals surface area contributed by atoms with E-state index in [4.69, 9.17) is 0 Å². The highest BCUT2D eigenvalue weighted by molar-refractivity contribution is 7.07. The van der Waals surface area contributed by atoms with Crippen molar-refractivity contribution in [2.45, 2.75) is 19.5 Å². The summed E-state index contributed by atoms with van der Waals surface area (Å²) < 4.78 is 0. The van der Waals surface area contributed by atoms with Gasteiger partial charge in [-0.15, -0.1) is 0 Å². The minimum atomic E-state index is 0.235. The van der Waals surface area contributed by atoms with E-state index in [9.17, 15) is 0 Å². The maximum Gasteiger partial charge on any atom is 0.0753 e. The number of nitrogens with zero attached hydrogens (tertiary/aromatic N) is 2. The molecule has 1 atom stereocenters. The summed E-state index contributed by atoms with van der Waals surface area (Å²) in [6.45, 7) is 2.97. The molecule has 0 amide bonds. The standard InChI is InChI=1S/C11H13N3S/c1-9(11-7-12-3-4-13-11)14-6-10-2-5-15-8-10/h2-5,7-9,14H,6H2,1H3. The topological polar surface area (TPSA) is 37.8 Å². The van der Waals surface area contributed by atoms with Gasteiger partial charge in [-0.2, -0.15) is 11.3 Å². The van der Waals surface area contributed by atoms with Gasteiger partial charge in [0.2, 0.25) is 0 Å². The van der Waals surface area contributed by atoms with Gasteiger partial charge in [0.05, 0.1) is 5.69 Å². The number of hydrogen-bond donors (Lipinski definition) is 1. The summed E-state index contributed by atoms with van der Waals surface area (Å²) in [7, 11) is 0. The zero-order valence-corrected chi connectivity index (χ0v) is 9.37. The van der Waals surface area contributed by atoms with Crippen LogP contribution in [-0.4, -0.2) is 9.97 Å². The van der Waals surface area contributed by atoms with Crippen molar-refractivity contribution in [3.05, 3.63) is 46.7 Å². The molecule has 0 aliphatic heterocycles. The van der Waals surface area contributed by atoms with Gasteiger partial charge in [-0.25, -0.2) is 0 Å². The van der Waals surface area contributed by atoms with Crippen LogP contribution in [0, 0.1) is 0 Å².